The maximum atomic E-state index is 2.56. The summed E-state index contributed by atoms with van der Waals surface area (Å²) in [6, 6.07) is 12.0. The van der Waals surface area contributed by atoms with Crippen molar-refractivity contribution in [3.05, 3.63) is 35.9 Å². The van der Waals surface area contributed by atoms with Gasteiger partial charge >= 0.3 is 0 Å². The zero-order valence-electron chi connectivity index (χ0n) is 10.9. The lowest BCUT2D eigenvalue weighted by atomic mass is 9.91. The highest BCUT2D eigenvalue weighted by Gasteiger charge is 2.40. The van der Waals surface area contributed by atoms with Crippen LogP contribution in [0, 0.1) is 5.41 Å². The van der Waals surface area contributed by atoms with Gasteiger partial charge in [0.1, 0.15) is 6.21 Å². The Labute approximate surface area is 118 Å². The molecule has 0 aromatic heterocycles. The molecule has 1 heterocycles. The quantitative estimate of drug-likeness (QED) is 0.443. The summed E-state index contributed by atoms with van der Waals surface area (Å²) in [7, 11) is 0. The van der Waals surface area contributed by atoms with Gasteiger partial charge in [0.25, 0.3) is 0 Å². The molecule has 0 saturated carbocycles. The highest BCUT2D eigenvalue weighted by molar-refractivity contribution is 14.1. The smallest absolute Gasteiger partial charge is 0.175 e. The van der Waals surface area contributed by atoms with Gasteiger partial charge < -0.3 is 0 Å². The molecular formula is C15H21IN+. The fraction of sp³-hybridized carbons (Fsp3) is 0.533. The van der Waals surface area contributed by atoms with E-state index in [4.69, 9.17) is 0 Å². The molecule has 2 rings (SSSR count). The molecule has 0 amide bonds. The predicted octanol–water partition coefficient (Wildman–Crippen LogP) is 4.06. The molecule has 1 nitrogen and oxygen atoms in total. The Kier molecular flexibility index (Phi) is 3.91. The van der Waals surface area contributed by atoms with Crippen LogP contribution in [-0.4, -0.2) is 21.3 Å². The van der Waals surface area contributed by atoms with Crippen molar-refractivity contribution in [1.82, 2.24) is 0 Å². The normalized spacial score (nSPS) is 24.5. The van der Waals surface area contributed by atoms with Crippen molar-refractivity contribution in [2.45, 2.75) is 39.3 Å². The van der Waals surface area contributed by atoms with Crippen LogP contribution in [0.3, 0.4) is 0 Å². The highest BCUT2D eigenvalue weighted by atomic mass is 127. The minimum atomic E-state index is 0.346. The molecule has 0 bridgehead atoms. The molecule has 1 aliphatic heterocycles. The molecule has 0 fully saturated rings. The molecule has 0 aliphatic carbocycles. The fourth-order valence-corrected chi connectivity index (χ4v) is 3.51. The summed E-state index contributed by atoms with van der Waals surface area (Å²) in [4.78, 5) is 0. The van der Waals surface area contributed by atoms with E-state index >= 15 is 0 Å². The molecule has 1 aromatic rings. The lowest BCUT2D eigenvalue weighted by Gasteiger charge is -2.15. The summed E-state index contributed by atoms with van der Waals surface area (Å²) in [6.07, 6.45) is 3.71. The van der Waals surface area contributed by atoms with Gasteiger partial charge in [0, 0.05) is 24.3 Å². The lowest BCUT2D eigenvalue weighted by molar-refractivity contribution is -0.588. The van der Waals surface area contributed by atoms with Crippen LogP contribution in [0.2, 0.25) is 0 Å². The van der Waals surface area contributed by atoms with Gasteiger partial charge in [0.15, 0.2) is 12.1 Å². The number of nitrogens with zero attached hydrogens (tertiary/aromatic N) is 1. The van der Waals surface area contributed by atoms with Crippen LogP contribution in [0.5, 0.6) is 0 Å². The number of halogens is 1. The van der Waals surface area contributed by atoms with Crippen molar-refractivity contribution in [2.24, 2.45) is 5.41 Å². The monoisotopic (exact) mass is 342 g/mol. The summed E-state index contributed by atoms with van der Waals surface area (Å²) in [5.41, 5.74) is 1.76. The molecule has 0 saturated heterocycles. The summed E-state index contributed by atoms with van der Waals surface area (Å²) in [5.74, 6) is 0. The molecular weight excluding hydrogens is 321 g/mol. The first-order chi connectivity index (χ1) is 8.03. The summed E-state index contributed by atoms with van der Waals surface area (Å²) < 4.78 is 3.76. The Bertz CT molecular complexity index is 408. The molecule has 1 unspecified atom stereocenters. The van der Waals surface area contributed by atoms with Crippen molar-refractivity contribution >= 4 is 28.8 Å². The highest BCUT2D eigenvalue weighted by Crippen LogP contribution is 2.32. The van der Waals surface area contributed by atoms with Gasteiger partial charge in [0.05, 0.1) is 4.43 Å². The second-order valence-corrected chi connectivity index (χ2v) is 6.54. The van der Waals surface area contributed by atoms with E-state index in [1.165, 1.54) is 16.4 Å². The van der Waals surface area contributed by atoms with Gasteiger partial charge in [-0.3, -0.25) is 0 Å². The van der Waals surface area contributed by atoms with Crippen molar-refractivity contribution in [2.75, 3.05) is 4.43 Å². The number of rotatable bonds is 3. The molecule has 17 heavy (non-hydrogen) atoms. The van der Waals surface area contributed by atoms with Crippen molar-refractivity contribution in [1.29, 1.82) is 0 Å². The third-order valence-electron chi connectivity index (χ3n) is 3.59. The minimum absolute atomic E-state index is 0.346. The average Bonchev–Trinajstić information content (AvgIpc) is 2.65. The number of benzene rings is 1. The summed E-state index contributed by atoms with van der Waals surface area (Å²) >= 11 is 2.51. The second-order valence-electron chi connectivity index (χ2n) is 5.66. The topological polar surface area (TPSA) is 3.01 Å². The van der Waals surface area contributed by atoms with E-state index in [1.807, 2.05) is 0 Å². The van der Waals surface area contributed by atoms with Crippen LogP contribution in [0.1, 0.15) is 38.8 Å². The molecule has 92 valence electrons. The van der Waals surface area contributed by atoms with E-state index in [0.29, 0.717) is 17.5 Å². The summed E-state index contributed by atoms with van der Waals surface area (Å²) in [5, 5.41) is 0. The van der Waals surface area contributed by atoms with Crippen LogP contribution in [0.15, 0.2) is 30.3 Å². The van der Waals surface area contributed by atoms with Crippen LogP contribution in [-0.2, 0) is 0 Å². The zero-order valence-corrected chi connectivity index (χ0v) is 13.0. The fourth-order valence-electron chi connectivity index (χ4n) is 2.74. The van der Waals surface area contributed by atoms with Gasteiger partial charge in [-0.1, -0.05) is 66.8 Å². The van der Waals surface area contributed by atoms with E-state index in [9.17, 15) is 0 Å². The maximum absolute atomic E-state index is 2.56. The van der Waals surface area contributed by atoms with E-state index in [0.717, 1.165) is 0 Å². The van der Waals surface area contributed by atoms with Crippen LogP contribution < -0.4 is 0 Å². The van der Waals surface area contributed by atoms with Crippen molar-refractivity contribution in [3.8, 4) is 0 Å². The third kappa shape index (κ3) is 2.90. The van der Waals surface area contributed by atoms with E-state index < -0.39 is 0 Å². The van der Waals surface area contributed by atoms with Gasteiger partial charge in [-0.25, -0.2) is 4.58 Å². The number of hydrogen-bond acceptors (Lipinski definition) is 0. The van der Waals surface area contributed by atoms with E-state index in [2.05, 4.69) is 84.5 Å². The Morgan fingerprint density at radius 1 is 1.35 bits per heavy atom. The van der Waals surface area contributed by atoms with Gasteiger partial charge in [-0.2, -0.15) is 0 Å². The largest absolute Gasteiger partial charge is 0.229 e. The Hall–Kier alpha value is -0.380. The average molecular weight is 342 g/mol. The molecule has 0 radical (unpaired) electrons. The second kappa shape index (κ2) is 5.09. The van der Waals surface area contributed by atoms with Crippen LogP contribution in [0.25, 0.3) is 0 Å². The first-order valence-electron chi connectivity index (χ1n) is 6.28. The first kappa shape index (κ1) is 13.1. The third-order valence-corrected chi connectivity index (χ3v) is 4.61. The number of alkyl halides is 1. The van der Waals surface area contributed by atoms with Gasteiger partial charge in [-0.15, -0.1) is 0 Å². The van der Waals surface area contributed by atoms with Crippen molar-refractivity contribution < 1.29 is 4.58 Å². The molecule has 1 aromatic carbocycles. The van der Waals surface area contributed by atoms with Crippen LogP contribution >= 0.6 is 22.6 Å². The predicted molar refractivity (Wildman–Crippen MR) is 82.3 cm³/mol. The van der Waals surface area contributed by atoms with Crippen molar-refractivity contribution in [3.63, 3.8) is 0 Å². The SMILES string of the molecule is C[C@H](c1ccccc1)[N+]1=CC(C)(C)CC1CI. The summed E-state index contributed by atoms with van der Waals surface area (Å²) in [6.45, 7) is 6.99. The molecule has 0 spiro atoms. The molecule has 1 aliphatic rings. The lowest BCUT2D eigenvalue weighted by Crippen LogP contribution is -2.26. The standard InChI is InChI=1S/C15H21IN/c1-12(13-7-5-4-6-8-13)17-11-15(2,3)9-14(17)10-16/h4-8,11-12,14H,9-10H2,1-3H3/q+1/t12-,14?/m1/s1. The van der Waals surface area contributed by atoms with Gasteiger partial charge in [-0.05, 0) is 0 Å². The zero-order chi connectivity index (χ0) is 12.5. The number of hydrogen-bond donors (Lipinski definition) is 0. The van der Waals surface area contributed by atoms with E-state index in [-0.39, 0.29) is 0 Å². The van der Waals surface area contributed by atoms with Crippen LogP contribution in [0.4, 0.5) is 0 Å². The molecule has 0 N–H and O–H groups in total. The minimum Gasteiger partial charge on any atom is -0.229 e. The van der Waals surface area contributed by atoms with Gasteiger partial charge in [0.2, 0.25) is 0 Å². The molecule has 2 atom stereocenters. The molecule has 2 heteroatoms. The maximum Gasteiger partial charge on any atom is 0.175 e. The Balaban J connectivity index is 2.27. The Morgan fingerprint density at radius 3 is 2.59 bits per heavy atom. The van der Waals surface area contributed by atoms with E-state index in [1.54, 1.807) is 0 Å². The Morgan fingerprint density at radius 2 is 2.00 bits per heavy atom. The first-order valence-corrected chi connectivity index (χ1v) is 7.80.